The van der Waals surface area contributed by atoms with E-state index in [1.165, 1.54) is 0 Å². The number of nitrogens with one attached hydrogen (secondary N) is 2. The van der Waals surface area contributed by atoms with Gasteiger partial charge in [-0.3, -0.25) is 14.8 Å². The molecule has 0 atom stereocenters. The Morgan fingerprint density at radius 2 is 1.96 bits per heavy atom. The number of hydrogen-bond donors (Lipinski definition) is 2. The van der Waals surface area contributed by atoms with Crippen molar-refractivity contribution in [1.82, 2.24) is 9.97 Å². The molecule has 0 aliphatic carbocycles. The van der Waals surface area contributed by atoms with Crippen LogP contribution in [-0.2, 0) is 13.0 Å². The number of aromatic nitrogens is 2. The standard InChI is InChI=1S/C21H22N4O/c1-3-17-8-4-6-15(2)20(17)25-21(26)18-10-19(14-23-13-18)24-12-16-7-5-9-22-11-16/h4-11,13-14,24H,3,12H2,1-2H3,(H,25,26). The Hall–Kier alpha value is -3.21. The quantitative estimate of drug-likeness (QED) is 0.701. The fourth-order valence-corrected chi connectivity index (χ4v) is 2.76. The number of carbonyl (C=O) groups excluding carboxylic acids is 1. The normalized spacial score (nSPS) is 10.4. The monoisotopic (exact) mass is 346 g/mol. The SMILES string of the molecule is CCc1cccc(C)c1NC(=O)c1cncc(NCc2cccnc2)c1. The summed E-state index contributed by atoms with van der Waals surface area (Å²) in [5, 5.41) is 6.30. The van der Waals surface area contributed by atoms with Gasteiger partial charge in [0.1, 0.15) is 0 Å². The predicted octanol–water partition coefficient (Wildman–Crippen LogP) is 4.21. The van der Waals surface area contributed by atoms with Gasteiger partial charge in [-0.25, -0.2) is 0 Å². The van der Waals surface area contributed by atoms with Crippen molar-refractivity contribution in [3.8, 4) is 0 Å². The summed E-state index contributed by atoms with van der Waals surface area (Å²) in [5.74, 6) is -0.161. The molecular weight excluding hydrogens is 324 g/mol. The first-order chi connectivity index (χ1) is 12.7. The van der Waals surface area contributed by atoms with E-state index in [0.29, 0.717) is 12.1 Å². The number of hydrogen-bond acceptors (Lipinski definition) is 4. The van der Waals surface area contributed by atoms with Crippen LogP contribution < -0.4 is 10.6 Å². The summed E-state index contributed by atoms with van der Waals surface area (Å²) in [4.78, 5) is 21.0. The van der Waals surface area contributed by atoms with E-state index in [4.69, 9.17) is 0 Å². The molecule has 132 valence electrons. The van der Waals surface area contributed by atoms with Gasteiger partial charge < -0.3 is 10.6 Å². The third-order valence-electron chi connectivity index (χ3n) is 4.20. The number of rotatable bonds is 6. The van der Waals surface area contributed by atoms with Gasteiger partial charge in [-0.1, -0.05) is 31.2 Å². The lowest BCUT2D eigenvalue weighted by molar-refractivity contribution is 0.102. The Labute approximate surface area is 153 Å². The Balaban J connectivity index is 1.72. The summed E-state index contributed by atoms with van der Waals surface area (Å²) < 4.78 is 0. The number of para-hydroxylation sites is 1. The van der Waals surface area contributed by atoms with Gasteiger partial charge in [-0.05, 0) is 42.2 Å². The lowest BCUT2D eigenvalue weighted by Crippen LogP contribution is -2.15. The molecule has 5 nitrogen and oxygen atoms in total. The average Bonchev–Trinajstić information content (AvgIpc) is 2.69. The molecule has 1 aromatic carbocycles. The molecule has 0 spiro atoms. The second kappa shape index (κ2) is 8.25. The molecule has 0 aliphatic heterocycles. The molecule has 0 aliphatic rings. The average molecular weight is 346 g/mol. The maximum atomic E-state index is 12.7. The second-order valence-electron chi connectivity index (χ2n) is 6.09. The molecule has 2 heterocycles. The zero-order chi connectivity index (χ0) is 18.4. The Morgan fingerprint density at radius 1 is 1.08 bits per heavy atom. The number of aryl methyl sites for hydroxylation is 2. The van der Waals surface area contributed by atoms with E-state index in [1.54, 1.807) is 24.8 Å². The van der Waals surface area contributed by atoms with E-state index in [2.05, 4.69) is 27.5 Å². The zero-order valence-electron chi connectivity index (χ0n) is 15.0. The maximum Gasteiger partial charge on any atom is 0.257 e. The first-order valence-electron chi connectivity index (χ1n) is 8.65. The van der Waals surface area contributed by atoms with Crippen molar-refractivity contribution in [2.45, 2.75) is 26.8 Å². The molecule has 0 unspecified atom stereocenters. The molecule has 26 heavy (non-hydrogen) atoms. The van der Waals surface area contributed by atoms with Crippen LogP contribution in [0.5, 0.6) is 0 Å². The third kappa shape index (κ3) is 4.25. The van der Waals surface area contributed by atoms with Crippen LogP contribution in [0.2, 0.25) is 0 Å². The molecule has 0 bridgehead atoms. The number of carbonyl (C=O) groups is 1. The van der Waals surface area contributed by atoms with E-state index >= 15 is 0 Å². The summed E-state index contributed by atoms with van der Waals surface area (Å²) in [6, 6.07) is 11.7. The van der Waals surface area contributed by atoms with E-state index in [9.17, 15) is 4.79 Å². The molecule has 0 saturated heterocycles. The molecular formula is C21H22N4O. The summed E-state index contributed by atoms with van der Waals surface area (Å²) in [6.45, 7) is 4.70. The lowest BCUT2D eigenvalue weighted by atomic mass is 10.1. The minimum absolute atomic E-state index is 0.161. The van der Waals surface area contributed by atoms with E-state index in [1.807, 2.05) is 43.3 Å². The van der Waals surface area contributed by atoms with Crippen LogP contribution in [0.1, 0.15) is 34.0 Å². The van der Waals surface area contributed by atoms with Crippen molar-refractivity contribution in [2.75, 3.05) is 10.6 Å². The Bertz CT molecular complexity index is 894. The molecule has 0 radical (unpaired) electrons. The van der Waals surface area contributed by atoms with Crippen LogP contribution in [0, 0.1) is 6.92 Å². The molecule has 5 heteroatoms. The first-order valence-corrected chi connectivity index (χ1v) is 8.65. The highest BCUT2D eigenvalue weighted by Crippen LogP contribution is 2.22. The topological polar surface area (TPSA) is 66.9 Å². The van der Waals surface area contributed by atoms with Crippen LogP contribution >= 0.6 is 0 Å². The van der Waals surface area contributed by atoms with Gasteiger partial charge >= 0.3 is 0 Å². The van der Waals surface area contributed by atoms with Crippen molar-refractivity contribution in [2.24, 2.45) is 0 Å². The molecule has 1 amide bonds. The van der Waals surface area contributed by atoms with Gasteiger partial charge in [0, 0.05) is 37.0 Å². The Kier molecular flexibility index (Phi) is 5.59. The van der Waals surface area contributed by atoms with Crippen molar-refractivity contribution >= 4 is 17.3 Å². The van der Waals surface area contributed by atoms with E-state index in [-0.39, 0.29) is 5.91 Å². The molecule has 0 fully saturated rings. The van der Waals surface area contributed by atoms with Crippen molar-refractivity contribution in [3.05, 3.63) is 83.4 Å². The van der Waals surface area contributed by atoms with Gasteiger partial charge in [-0.2, -0.15) is 0 Å². The van der Waals surface area contributed by atoms with Gasteiger partial charge in [0.2, 0.25) is 0 Å². The highest BCUT2D eigenvalue weighted by molar-refractivity contribution is 6.05. The summed E-state index contributed by atoms with van der Waals surface area (Å²) >= 11 is 0. The molecule has 2 N–H and O–H groups in total. The van der Waals surface area contributed by atoms with Crippen LogP contribution in [0.4, 0.5) is 11.4 Å². The largest absolute Gasteiger partial charge is 0.380 e. The van der Waals surface area contributed by atoms with Gasteiger partial charge in [0.25, 0.3) is 5.91 Å². The molecule has 3 rings (SSSR count). The van der Waals surface area contributed by atoms with Crippen LogP contribution in [0.25, 0.3) is 0 Å². The van der Waals surface area contributed by atoms with E-state index in [0.717, 1.165) is 34.5 Å². The molecule has 0 saturated carbocycles. The lowest BCUT2D eigenvalue weighted by Gasteiger charge is -2.13. The Morgan fingerprint density at radius 3 is 2.73 bits per heavy atom. The minimum Gasteiger partial charge on any atom is -0.380 e. The number of amides is 1. The smallest absolute Gasteiger partial charge is 0.257 e. The van der Waals surface area contributed by atoms with Crippen molar-refractivity contribution < 1.29 is 4.79 Å². The number of nitrogens with zero attached hydrogens (tertiary/aromatic N) is 2. The fourth-order valence-electron chi connectivity index (χ4n) is 2.76. The summed E-state index contributed by atoms with van der Waals surface area (Å²) in [7, 11) is 0. The van der Waals surface area contributed by atoms with Crippen LogP contribution in [-0.4, -0.2) is 15.9 Å². The second-order valence-corrected chi connectivity index (χ2v) is 6.09. The first kappa shape index (κ1) is 17.6. The molecule has 2 aromatic heterocycles. The van der Waals surface area contributed by atoms with E-state index < -0.39 is 0 Å². The van der Waals surface area contributed by atoms with Crippen molar-refractivity contribution in [3.63, 3.8) is 0 Å². The third-order valence-corrected chi connectivity index (χ3v) is 4.20. The van der Waals surface area contributed by atoms with Crippen LogP contribution in [0.3, 0.4) is 0 Å². The van der Waals surface area contributed by atoms with Crippen molar-refractivity contribution in [1.29, 1.82) is 0 Å². The predicted molar refractivity (Wildman–Crippen MR) is 104 cm³/mol. The number of pyridine rings is 2. The number of benzene rings is 1. The number of anilines is 2. The van der Waals surface area contributed by atoms with Gasteiger partial charge in [-0.15, -0.1) is 0 Å². The van der Waals surface area contributed by atoms with Crippen LogP contribution in [0.15, 0.2) is 61.2 Å². The highest BCUT2D eigenvalue weighted by Gasteiger charge is 2.11. The van der Waals surface area contributed by atoms with Gasteiger partial charge in [0.15, 0.2) is 0 Å². The van der Waals surface area contributed by atoms with Gasteiger partial charge in [0.05, 0.1) is 11.3 Å². The maximum absolute atomic E-state index is 12.7. The molecule has 3 aromatic rings. The summed E-state index contributed by atoms with van der Waals surface area (Å²) in [5.41, 5.74) is 5.44. The summed E-state index contributed by atoms with van der Waals surface area (Å²) in [6.07, 6.45) is 7.70. The zero-order valence-corrected chi connectivity index (χ0v) is 15.0. The fraction of sp³-hybridized carbons (Fsp3) is 0.190. The minimum atomic E-state index is -0.161. The highest BCUT2D eigenvalue weighted by atomic mass is 16.1.